The van der Waals surface area contributed by atoms with E-state index in [-0.39, 0.29) is 22.9 Å². The Kier molecular flexibility index (Phi) is 5.88. The van der Waals surface area contributed by atoms with Crippen molar-refractivity contribution < 1.29 is 39.5 Å². The van der Waals surface area contributed by atoms with Crippen LogP contribution in [0.3, 0.4) is 0 Å². The summed E-state index contributed by atoms with van der Waals surface area (Å²) in [6.07, 6.45) is -5.01. The van der Waals surface area contributed by atoms with E-state index in [1.54, 1.807) is 0 Å². The lowest BCUT2D eigenvalue weighted by Gasteiger charge is -2.18. The van der Waals surface area contributed by atoms with Gasteiger partial charge in [-0.05, 0) is 36.4 Å². The molecule has 31 heavy (non-hydrogen) atoms. The number of nitrogens with zero attached hydrogens (tertiary/aromatic N) is 1. The van der Waals surface area contributed by atoms with Gasteiger partial charge in [0.15, 0.2) is 0 Å². The van der Waals surface area contributed by atoms with Crippen LogP contribution in [0.15, 0.2) is 41.3 Å². The molecule has 1 aliphatic heterocycles. The number of amides is 1. The highest BCUT2D eigenvalue weighted by molar-refractivity contribution is 7.94. The van der Waals surface area contributed by atoms with E-state index in [0.717, 1.165) is 25.3 Å². The summed E-state index contributed by atoms with van der Waals surface area (Å²) < 4.78 is 96.5. The summed E-state index contributed by atoms with van der Waals surface area (Å²) in [4.78, 5) is 11.4. The van der Waals surface area contributed by atoms with Crippen molar-refractivity contribution in [3.63, 3.8) is 0 Å². The fourth-order valence-electron chi connectivity index (χ4n) is 2.85. The number of halogens is 4. The van der Waals surface area contributed by atoms with Crippen LogP contribution >= 0.6 is 11.6 Å². The maximum Gasteiger partial charge on any atom is 0.416 e. The maximum absolute atomic E-state index is 13.0. The predicted molar refractivity (Wildman–Crippen MR) is 106 cm³/mol. The number of methoxy groups -OCH3 is 1. The number of alkyl halides is 3. The number of ether oxygens (including phenoxy) is 1. The molecule has 1 fully saturated rings. The molecular weight excluding hydrogens is 485 g/mol. The van der Waals surface area contributed by atoms with E-state index in [2.05, 4.69) is 0 Å². The Balaban J connectivity index is 2.08. The van der Waals surface area contributed by atoms with Gasteiger partial charge in [0.25, 0.3) is 10.0 Å². The number of sulfonamides is 2. The Morgan fingerprint density at radius 2 is 1.84 bits per heavy atom. The number of carbonyl (C=O) groups excluding carboxylic acids is 1. The zero-order valence-electron chi connectivity index (χ0n) is 15.6. The van der Waals surface area contributed by atoms with Crippen molar-refractivity contribution in [3.8, 4) is 5.75 Å². The molecule has 0 saturated carbocycles. The zero-order chi connectivity index (χ0) is 23.2. The van der Waals surface area contributed by atoms with Crippen LogP contribution in [-0.2, 0) is 31.0 Å². The first-order valence-corrected chi connectivity index (χ1v) is 11.9. The SMILES string of the molecule is COc1ccc(N2C(=O)CCS2(=O)=O)cc1S(=O)(=O)Nc1cc(C(F)(F)F)ccc1Cl. The molecule has 1 N–H and O–H groups in total. The lowest BCUT2D eigenvalue weighted by molar-refractivity contribution is -0.137. The number of nitrogens with one attached hydrogen (secondary N) is 1. The van der Waals surface area contributed by atoms with Crippen molar-refractivity contribution in [1.29, 1.82) is 0 Å². The summed E-state index contributed by atoms with van der Waals surface area (Å²) in [5.41, 5.74) is -1.93. The number of benzene rings is 2. The lowest BCUT2D eigenvalue weighted by atomic mass is 10.2. The molecule has 0 atom stereocenters. The van der Waals surface area contributed by atoms with E-state index < -0.39 is 54.0 Å². The van der Waals surface area contributed by atoms with Crippen molar-refractivity contribution in [2.24, 2.45) is 0 Å². The summed E-state index contributed by atoms with van der Waals surface area (Å²) in [5.74, 6) is -1.41. The molecule has 1 saturated heterocycles. The molecule has 2 aromatic rings. The van der Waals surface area contributed by atoms with Gasteiger partial charge in [-0.2, -0.15) is 13.2 Å². The molecule has 0 aromatic heterocycles. The standard InChI is InChI=1S/C17H14ClF3N2O6S2/c1-29-14-5-3-11(23-16(24)6-7-30(23,25)26)9-15(14)31(27,28)22-13-8-10(17(19,20)21)2-4-12(13)18/h2-5,8-9,22H,6-7H2,1H3. The average Bonchev–Trinajstić information content (AvgIpc) is 2.94. The topological polar surface area (TPSA) is 110 Å². The largest absolute Gasteiger partial charge is 0.495 e. The predicted octanol–water partition coefficient (Wildman–Crippen LogP) is 3.23. The fourth-order valence-corrected chi connectivity index (χ4v) is 5.78. The molecule has 0 spiro atoms. The highest BCUT2D eigenvalue weighted by Crippen LogP contribution is 2.37. The van der Waals surface area contributed by atoms with E-state index in [4.69, 9.17) is 16.3 Å². The summed E-state index contributed by atoms with van der Waals surface area (Å²) in [6.45, 7) is 0. The van der Waals surface area contributed by atoms with Crippen LogP contribution in [0.5, 0.6) is 5.75 Å². The van der Waals surface area contributed by atoms with Crippen molar-refractivity contribution in [1.82, 2.24) is 0 Å². The molecule has 1 aliphatic rings. The van der Waals surface area contributed by atoms with Gasteiger partial charge in [-0.3, -0.25) is 9.52 Å². The number of hydrogen-bond acceptors (Lipinski definition) is 6. The van der Waals surface area contributed by atoms with Crippen LogP contribution in [0, 0.1) is 0 Å². The van der Waals surface area contributed by atoms with Gasteiger partial charge < -0.3 is 4.74 Å². The molecule has 8 nitrogen and oxygen atoms in total. The fraction of sp³-hybridized carbons (Fsp3) is 0.235. The lowest BCUT2D eigenvalue weighted by Crippen LogP contribution is -2.29. The molecule has 0 aliphatic carbocycles. The number of rotatable bonds is 5. The highest BCUT2D eigenvalue weighted by Gasteiger charge is 2.37. The smallest absolute Gasteiger partial charge is 0.416 e. The molecule has 14 heteroatoms. The third kappa shape index (κ3) is 4.57. The minimum atomic E-state index is -4.74. The van der Waals surface area contributed by atoms with Crippen LogP contribution in [0.4, 0.5) is 24.5 Å². The molecule has 168 valence electrons. The van der Waals surface area contributed by atoms with Crippen molar-refractivity contribution >= 4 is 48.9 Å². The first kappa shape index (κ1) is 23.2. The Hall–Kier alpha value is -2.51. The summed E-state index contributed by atoms with van der Waals surface area (Å²) in [5, 5.41) is -0.302. The maximum atomic E-state index is 13.0. The second kappa shape index (κ2) is 7.88. The quantitative estimate of drug-likeness (QED) is 0.677. The molecule has 1 amide bonds. The number of anilines is 2. The van der Waals surface area contributed by atoms with E-state index in [0.29, 0.717) is 16.4 Å². The Morgan fingerprint density at radius 3 is 2.39 bits per heavy atom. The van der Waals surface area contributed by atoms with Crippen molar-refractivity contribution in [2.75, 3.05) is 21.9 Å². The highest BCUT2D eigenvalue weighted by atomic mass is 35.5. The molecule has 1 heterocycles. The molecule has 0 radical (unpaired) electrons. The second-order valence-corrected chi connectivity index (χ2v) is 10.4. The Bertz CT molecular complexity index is 1260. The van der Waals surface area contributed by atoms with Gasteiger partial charge in [0, 0.05) is 6.42 Å². The van der Waals surface area contributed by atoms with Gasteiger partial charge in [0.1, 0.15) is 10.6 Å². The normalized spacial score (nSPS) is 16.4. The zero-order valence-corrected chi connectivity index (χ0v) is 18.0. The first-order chi connectivity index (χ1) is 14.3. The monoisotopic (exact) mass is 498 g/mol. The van der Waals surface area contributed by atoms with Gasteiger partial charge in [-0.25, -0.2) is 21.1 Å². The van der Waals surface area contributed by atoms with Crippen molar-refractivity contribution in [3.05, 3.63) is 47.0 Å². The van der Waals surface area contributed by atoms with E-state index >= 15 is 0 Å². The molecule has 3 rings (SSSR count). The molecule has 0 unspecified atom stereocenters. The van der Waals surface area contributed by atoms with Crippen LogP contribution in [-0.4, -0.2) is 35.6 Å². The molecular formula is C17H14ClF3N2O6S2. The summed E-state index contributed by atoms with van der Waals surface area (Å²) in [6, 6.07) is 5.26. The summed E-state index contributed by atoms with van der Waals surface area (Å²) in [7, 11) is -7.44. The number of hydrogen-bond donors (Lipinski definition) is 1. The second-order valence-electron chi connectivity index (χ2n) is 6.36. The summed E-state index contributed by atoms with van der Waals surface area (Å²) >= 11 is 5.85. The minimum absolute atomic E-state index is 0.233. The van der Waals surface area contributed by atoms with Crippen molar-refractivity contribution in [2.45, 2.75) is 17.5 Å². The molecule has 2 aromatic carbocycles. The van der Waals surface area contributed by atoms with Gasteiger partial charge in [-0.1, -0.05) is 11.6 Å². The third-order valence-corrected chi connectivity index (χ3v) is 7.69. The van der Waals surface area contributed by atoms with Crippen LogP contribution < -0.4 is 13.8 Å². The van der Waals surface area contributed by atoms with Gasteiger partial charge in [0.2, 0.25) is 15.9 Å². The van der Waals surface area contributed by atoms with E-state index in [1.807, 2.05) is 4.72 Å². The van der Waals surface area contributed by atoms with Crippen LogP contribution in [0.25, 0.3) is 0 Å². The van der Waals surface area contributed by atoms with Crippen LogP contribution in [0.1, 0.15) is 12.0 Å². The Labute approximate surface area is 180 Å². The third-order valence-electron chi connectivity index (χ3n) is 4.29. The minimum Gasteiger partial charge on any atom is -0.495 e. The van der Waals surface area contributed by atoms with E-state index in [1.165, 1.54) is 6.07 Å². The van der Waals surface area contributed by atoms with Gasteiger partial charge in [0.05, 0.1) is 34.8 Å². The number of carbonyl (C=O) groups is 1. The van der Waals surface area contributed by atoms with E-state index in [9.17, 15) is 34.8 Å². The average molecular weight is 499 g/mol. The first-order valence-electron chi connectivity index (χ1n) is 8.40. The van der Waals surface area contributed by atoms with Crippen LogP contribution in [0.2, 0.25) is 5.02 Å². The van der Waals surface area contributed by atoms with Gasteiger partial charge in [-0.15, -0.1) is 0 Å². The molecule has 0 bridgehead atoms. The van der Waals surface area contributed by atoms with Gasteiger partial charge >= 0.3 is 6.18 Å². The Morgan fingerprint density at radius 1 is 1.16 bits per heavy atom.